The summed E-state index contributed by atoms with van der Waals surface area (Å²) in [6.07, 6.45) is -0.888. The molecule has 1 atom stereocenters. The van der Waals surface area contributed by atoms with Gasteiger partial charge in [0.05, 0.1) is 0 Å². The van der Waals surface area contributed by atoms with E-state index in [2.05, 4.69) is 10.1 Å². The molecule has 170 valence electrons. The lowest BCUT2D eigenvalue weighted by Crippen LogP contribution is -2.45. The molecule has 1 fully saturated rings. The van der Waals surface area contributed by atoms with Gasteiger partial charge in [0.25, 0.3) is 0 Å². The summed E-state index contributed by atoms with van der Waals surface area (Å²) >= 11 is 0. The standard InChI is InChI=1S/C25H23NO7/c1-23(21(27)33-22(28)26-23)15-16-12-13-19(24(29,30)17-8-4-2-5-9-17)20(14-16)25(31,32)18-10-6-3-7-11-18/h2-14,29-32H,15H2,1H3,(H,26,28)/t23-/m0/s1. The number of carbonyl (C=O) groups is 2. The largest absolute Gasteiger partial charge is 0.415 e. The molecule has 0 bridgehead atoms. The number of alkyl carbamates (subject to hydrolysis) is 1. The maximum atomic E-state index is 12.1. The second kappa shape index (κ2) is 8.09. The Bertz CT molecular complexity index is 1190. The summed E-state index contributed by atoms with van der Waals surface area (Å²) in [7, 11) is 0. The molecule has 1 amide bonds. The van der Waals surface area contributed by atoms with Crippen molar-refractivity contribution >= 4 is 12.1 Å². The molecule has 0 spiro atoms. The van der Waals surface area contributed by atoms with Crippen molar-refractivity contribution in [3.63, 3.8) is 0 Å². The predicted octanol–water partition coefficient (Wildman–Crippen LogP) is 1.63. The van der Waals surface area contributed by atoms with Crippen LogP contribution in [-0.2, 0) is 27.5 Å². The Hall–Kier alpha value is -3.56. The van der Waals surface area contributed by atoms with E-state index < -0.39 is 29.2 Å². The monoisotopic (exact) mass is 449 g/mol. The molecule has 1 aliphatic heterocycles. The highest BCUT2D eigenvalue weighted by Crippen LogP contribution is 2.38. The number of hydrogen-bond acceptors (Lipinski definition) is 7. The lowest BCUT2D eigenvalue weighted by atomic mass is 9.84. The van der Waals surface area contributed by atoms with Crippen LogP contribution in [-0.4, -0.2) is 38.0 Å². The third-order valence-corrected chi connectivity index (χ3v) is 5.76. The summed E-state index contributed by atoms with van der Waals surface area (Å²) < 4.78 is 4.58. The van der Waals surface area contributed by atoms with Gasteiger partial charge in [0.2, 0.25) is 11.6 Å². The summed E-state index contributed by atoms with van der Waals surface area (Å²) in [4.78, 5) is 23.7. The minimum atomic E-state index is -2.60. The maximum Gasteiger partial charge on any atom is 0.415 e. The zero-order valence-electron chi connectivity index (χ0n) is 17.7. The van der Waals surface area contributed by atoms with Gasteiger partial charge in [-0.05, 0) is 18.6 Å². The molecule has 0 radical (unpaired) electrons. The molecule has 0 unspecified atom stereocenters. The van der Waals surface area contributed by atoms with E-state index in [4.69, 9.17) is 0 Å². The van der Waals surface area contributed by atoms with E-state index in [0.717, 1.165) is 0 Å². The van der Waals surface area contributed by atoms with Gasteiger partial charge in [-0.1, -0.05) is 72.8 Å². The lowest BCUT2D eigenvalue weighted by molar-refractivity contribution is -0.154. The number of ether oxygens (including phenoxy) is 1. The molecule has 0 saturated carbocycles. The van der Waals surface area contributed by atoms with E-state index >= 15 is 0 Å². The summed E-state index contributed by atoms with van der Waals surface area (Å²) in [6.45, 7) is 1.49. The van der Waals surface area contributed by atoms with Gasteiger partial charge >= 0.3 is 12.1 Å². The Labute approximate surface area is 189 Å². The third-order valence-electron chi connectivity index (χ3n) is 5.76. The van der Waals surface area contributed by atoms with Crippen molar-refractivity contribution in [2.75, 3.05) is 0 Å². The number of amides is 1. The van der Waals surface area contributed by atoms with Crippen molar-refractivity contribution < 1.29 is 34.8 Å². The summed E-state index contributed by atoms with van der Waals surface area (Å²) in [5.74, 6) is -5.91. The van der Waals surface area contributed by atoms with Gasteiger partial charge in [-0.15, -0.1) is 0 Å². The van der Waals surface area contributed by atoms with Crippen molar-refractivity contribution in [3.05, 3.63) is 107 Å². The van der Waals surface area contributed by atoms with E-state index in [9.17, 15) is 30.0 Å². The molecule has 1 saturated heterocycles. The molecule has 1 aliphatic rings. The summed E-state index contributed by atoms with van der Waals surface area (Å²) in [6, 6.07) is 20.1. The van der Waals surface area contributed by atoms with Crippen LogP contribution < -0.4 is 5.32 Å². The van der Waals surface area contributed by atoms with Crippen LogP contribution in [0.1, 0.15) is 34.7 Å². The highest BCUT2D eigenvalue weighted by molar-refractivity contribution is 5.98. The van der Waals surface area contributed by atoms with Crippen molar-refractivity contribution in [1.82, 2.24) is 5.32 Å². The molecule has 0 aromatic heterocycles. The van der Waals surface area contributed by atoms with E-state index in [-0.39, 0.29) is 28.7 Å². The van der Waals surface area contributed by atoms with Crippen LogP contribution >= 0.6 is 0 Å². The van der Waals surface area contributed by atoms with E-state index in [0.29, 0.717) is 5.56 Å². The van der Waals surface area contributed by atoms with E-state index in [1.807, 2.05) is 0 Å². The van der Waals surface area contributed by atoms with Crippen molar-refractivity contribution in [2.45, 2.75) is 30.5 Å². The van der Waals surface area contributed by atoms with Gasteiger partial charge in [-0.25, -0.2) is 9.59 Å². The van der Waals surface area contributed by atoms with Crippen molar-refractivity contribution in [2.24, 2.45) is 0 Å². The second-order valence-corrected chi connectivity index (χ2v) is 8.27. The quantitative estimate of drug-likeness (QED) is 0.219. The number of carbonyl (C=O) groups excluding carboxylic acids is 2. The number of esters is 1. The Morgan fingerprint density at radius 3 is 1.79 bits per heavy atom. The van der Waals surface area contributed by atoms with Gasteiger partial charge in [-0.3, -0.25) is 0 Å². The number of benzene rings is 3. The molecule has 5 N–H and O–H groups in total. The minimum Gasteiger partial charge on any atom is -0.374 e. The van der Waals surface area contributed by atoms with Gasteiger partial charge in [0.1, 0.15) is 5.54 Å². The Balaban J connectivity index is 1.85. The Morgan fingerprint density at radius 2 is 1.30 bits per heavy atom. The normalized spacial score (nSPS) is 18.7. The molecule has 3 aromatic rings. The van der Waals surface area contributed by atoms with Crippen molar-refractivity contribution in [1.29, 1.82) is 0 Å². The number of nitrogens with one attached hydrogen (secondary N) is 1. The summed E-state index contributed by atoms with van der Waals surface area (Å²) in [5, 5.41) is 46.9. The van der Waals surface area contributed by atoms with Gasteiger partial charge in [-0.2, -0.15) is 0 Å². The maximum absolute atomic E-state index is 12.1. The highest BCUT2D eigenvalue weighted by Gasteiger charge is 2.45. The molecule has 8 nitrogen and oxygen atoms in total. The average molecular weight is 449 g/mol. The van der Waals surface area contributed by atoms with Crippen LogP contribution in [0.5, 0.6) is 0 Å². The fourth-order valence-electron chi connectivity index (χ4n) is 3.97. The lowest BCUT2D eigenvalue weighted by Gasteiger charge is -2.32. The highest BCUT2D eigenvalue weighted by atomic mass is 16.6. The number of aliphatic hydroxyl groups is 4. The molecular weight excluding hydrogens is 426 g/mol. The number of hydrogen-bond donors (Lipinski definition) is 5. The zero-order chi connectivity index (χ0) is 23.9. The average Bonchev–Trinajstić information content (AvgIpc) is 3.05. The van der Waals surface area contributed by atoms with Crippen LogP contribution in [0.15, 0.2) is 78.9 Å². The predicted molar refractivity (Wildman–Crippen MR) is 116 cm³/mol. The molecule has 3 aromatic carbocycles. The van der Waals surface area contributed by atoms with E-state index in [1.54, 1.807) is 36.4 Å². The van der Waals surface area contributed by atoms with Crippen LogP contribution in [0.4, 0.5) is 4.79 Å². The van der Waals surface area contributed by atoms with Gasteiger partial charge in [0, 0.05) is 28.7 Å². The molecule has 0 aliphatic carbocycles. The summed E-state index contributed by atoms with van der Waals surface area (Å²) in [5.41, 5.74) is -1.04. The topological polar surface area (TPSA) is 136 Å². The Kier molecular flexibility index (Phi) is 5.55. The van der Waals surface area contributed by atoms with Gasteiger partial charge in [0.15, 0.2) is 0 Å². The number of rotatable bonds is 6. The van der Waals surface area contributed by atoms with Crippen LogP contribution in [0.2, 0.25) is 0 Å². The fraction of sp³-hybridized carbons (Fsp3) is 0.200. The van der Waals surface area contributed by atoms with E-state index in [1.165, 1.54) is 49.4 Å². The zero-order valence-corrected chi connectivity index (χ0v) is 17.7. The van der Waals surface area contributed by atoms with Crippen molar-refractivity contribution in [3.8, 4) is 0 Å². The molecule has 8 heteroatoms. The molecular formula is C25H23NO7. The molecule has 4 rings (SSSR count). The molecule has 1 heterocycles. The Morgan fingerprint density at radius 1 is 0.788 bits per heavy atom. The second-order valence-electron chi connectivity index (χ2n) is 8.27. The smallest absolute Gasteiger partial charge is 0.374 e. The third kappa shape index (κ3) is 4.12. The fourth-order valence-corrected chi connectivity index (χ4v) is 3.97. The first-order valence-electron chi connectivity index (χ1n) is 10.2. The van der Waals surface area contributed by atoms with Crippen LogP contribution in [0.3, 0.4) is 0 Å². The molecule has 33 heavy (non-hydrogen) atoms. The SMILES string of the molecule is C[C@@]1(Cc2ccc(C(O)(O)c3ccccc3)c(C(O)(O)c3ccccc3)c2)NC(=O)OC1=O. The van der Waals surface area contributed by atoms with Gasteiger partial charge < -0.3 is 30.5 Å². The van der Waals surface area contributed by atoms with Crippen LogP contribution in [0, 0.1) is 0 Å². The first-order chi connectivity index (χ1) is 15.5. The number of cyclic esters (lactones) is 2. The minimum absolute atomic E-state index is 0.0229. The van der Waals surface area contributed by atoms with Crippen LogP contribution in [0.25, 0.3) is 0 Å². The first kappa shape index (κ1) is 22.6. The first-order valence-corrected chi connectivity index (χ1v) is 10.2.